The third-order valence-electron chi connectivity index (χ3n) is 8.00. The van der Waals surface area contributed by atoms with E-state index in [4.69, 9.17) is 4.74 Å². The Balaban J connectivity index is 1.54. The van der Waals surface area contributed by atoms with Gasteiger partial charge in [-0.1, -0.05) is 36.4 Å². The Bertz CT molecular complexity index is 2070. The van der Waals surface area contributed by atoms with Gasteiger partial charge in [-0.2, -0.15) is 18.4 Å². The lowest BCUT2D eigenvalue weighted by molar-refractivity contribution is -0.142. The number of likely N-dealkylation sites (tertiary alicyclic amines) is 1. The average molecular weight is 619 g/mol. The van der Waals surface area contributed by atoms with Crippen molar-refractivity contribution < 1.29 is 27.8 Å². The Labute approximate surface area is 254 Å². The maximum absolute atomic E-state index is 14.7. The molecular formula is C32H29F3N6O4. The molecule has 4 heterocycles. The lowest BCUT2D eigenvalue weighted by atomic mass is 9.95. The quantitative estimate of drug-likeness (QED) is 0.246. The number of nitrogens with zero attached hydrogens (tertiary/aromatic N) is 6. The molecular weight excluding hydrogens is 589 g/mol. The maximum Gasteiger partial charge on any atom is 0.431 e. The van der Waals surface area contributed by atoms with E-state index in [1.165, 1.54) is 17.3 Å². The number of imidazole rings is 1. The van der Waals surface area contributed by atoms with Gasteiger partial charge < -0.3 is 19.3 Å². The Kier molecular flexibility index (Phi) is 7.18. The summed E-state index contributed by atoms with van der Waals surface area (Å²) >= 11 is 0. The predicted octanol–water partition coefficient (Wildman–Crippen LogP) is 6.47. The molecule has 1 saturated heterocycles. The number of piperidine rings is 1. The molecule has 1 aliphatic heterocycles. The molecule has 3 aromatic heterocycles. The van der Waals surface area contributed by atoms with Crippen LogP contribution in [0.4, 0.5) is 18.0 Å². The molecule has 1 fully saturated rings. The van der Waals surface area contributed by atoms with Crippen molar-refractivity contribution in [3.63, 3.8) is 0 Å². The minimum absolute atomic E-state index is 0.00386. The van der Waals surface area contributed by atoms with Gasteiger partial charge in [-0.25, -0.2) is 14.8 Å². The van der Waals surface area contributed by atoms with E-state index in [0.717, 1.165) is 6.07 Å². The molecule has 1 amide bonds. The number of alkyl halides is 3. The first kappa shape index (κ1) is 29.9. The largest absolute Gasteiger partial charge is 0.492 e. The smallest absolute Gasteiger partial charge is 0.431 e. The van der Waals surface area contributed by atoms with Crippen LogP contribution in [-0.2, 0) is 10.9 Å². The van der Waals surface area contributed by atoms with Crippen molar-refractivity contribution in [1.82, 2.24) is 24.0 Å². The van der Waals surface area contributed by atoms with Crippen LogP contribution in [0.1, 0.15) is 51.8 Å². The lowest BCUT2D eigenvalue weighted by Gasteiger charge is -2.39. The van der Waals surface area contributed by atoms with Crippen LogP contribution in [0.15, 0.2) is 59.7 Å². The normalized spacial score (nSPS) is 17.6. The number of halogens is 3. The summed E-state index contributed by atoms with van der Waals surface area (Å²) in [5, 5.41) is 21.3. The van der Waals surface area contributed by atoms with Crippen molar-refractivity contribution >= 4 is 38.8 Å². The third-order valence-corrected chi connectivity index (χ3v) is 8.00. The summed E-state index contributed by atoms with van der Waals surface area (Å²) < 4.78 is 52.0. The molecule has 10 nitrogen and oxygen atoms in total. The van der Waals surface area contributed by atoms with Crippen LogP contribution in [0.2, 0.25) is 0 Å². The standard InChI is InChI=1S/C32H29F3N6O4/c1-31(2,3)45-30(44)39-14-12-20(15-19(39)11-13-36)40-17-37-26-27(40)22-16-24(32(33,34)35)41(29(43)25(22)38-28(26)42)23-10-6-8-18-7-4-5-9-21(18)23/h4-10,16-17,19-20H,11-12,14-15H2,1-3H3,(H,38,42)/t19-,20?/m1/s1. The first-order chi connectivity index (χ1) is 21.3. The van der Waals surface area contributed by atoms with E-state index in [0.29, 0.717) is 21.8 Å². The van der Waals surface area contributed by atoms with E-state index in [2.05, 4.69) is 16.0 Å². The number of aromatic nitrogens is 4. The molecule has 1 aliphatic rings. The monoisotopic (exact) mass is 618 g/mol. The first-order valence-corrected chi connectivity index (χ1v) is 14.4. The molecule has 6 rings (SSSR count). The summed E-state index contributed by atoms with van der Waals surface area (Å²) in [4.78, 5) is 36.7. The van der Waals surface area contributed by atoms with Gasteiger partial charge in [-0.05, 0) is 51.1 Å². The molecule has 0 bridgehead atoms. The van der Waals surface area contributed by atoms with Gasteiger partial charge in [0.15, 0.2) is 5.52 Å². The molecule has 2 atom stereocenters. The predicted molar refractivity (Wildman–Crippen MR) is 160 cm³/mol. The van der Waals surface area contributed by atoms with Crippen LogP contribution >= 0.6 is 0 Å². The van der Waals surface area contributed by atoms with Gasteiger partial charge in [0, 0.05) is 29.4 Å². The van der Waals surface area contributed by atoms with Gasteiger partial charge in [-0.15, -0.1) is 0 Å². The molecule has 0 aliphatic carbocycles. The number of rotatable bonds is 3. The van der Waals surface area contributed by atoms with E-state index in [1.54, 1.807) is 61.7 Å². The van der Waals surface area contributed by atoms with E-state index in [1.807, 2.05) is 0 Å². The second-order valence-corrected chi connectivity index (χ2v) is 12.1. The highest BCUT2D eigenvalue weighted by molar-refractivity contribution is 6.04. The van der Waals surface area contributed by atoms with E-state index in [9.17, 15) is 33.1 Å². The van der Waals surface area contributed by atoms with Crippen LogP contribution in [0.5, 0.6) is 5.88 Å². The average Bonchev–Trinajstić information content (AvgIpc) is 3.42. The number of aromatic hydroxyl groups is 1. The van der Waals surface area contributed by atoms with Crippen molar-refractivity contribution in [2.24, 2.45) is 0 Å². The van der Waals surface area contributed by atoms with Crippen LogP contribution in [0.3, 0.4) is 0 Å². The zero-order valence-corrected chi connectivity index (χ0v) is 24.7. The molecule has 1 unspecified atom stereocenters. The summed E-state index contributed by atoms with van der Waals surface area (Å²) in [6, 6.07) is 13.5. The van der Waals surface area contributed by atoms with Crippen molar-refractivity contribution in [3.8, 4) is 17.6 Å². The highest BCUT2D eigenvalue weighted by Gasteiger charge is 2.38. The number of pyridine rings is 2. The minimum atomic E-state index is -4.93. The van der Waals surface area contributed by atoms with Gasteiger partial charge in [0.1, 0.15) is 16.8 Å². The molecule has 5 aromatic rings. The number of hydrogen-bond acceptors (Lipinski definition) is 7. The first-order valence-electron chi connectivity index (χ1n) is 14.4. The topological polar surface area (TPSA) is 126 Å². The van der Waals surface area contributed by atoms with Gasteiger partial charge >= 0.3 is 12.3 Å². The fraction of sp³-hybridized carbons (Fsp3) is 0.344. The molecule has 2 aromatic carbocycles. The molecule has 45 heavy (non-hydrogen) atoms. The number of nitriles is 1. The summed E-state index contributed by atoms with van der Waals surface area (Å²) in [5.74, 6) is -0.600. The van der Waals surface area contributed by atoms with E-state index >= 15 is 0 Å². The second kappa shape index (κ2) is 10.8. The zero-order valence-electron chi connectivity index (χ0n) is 24.7. The Hall–Kier alpha value is -5.12. The number of benzene rings is 2. The second-order valence-electron chi connectivity index (χ2n) is 12.1. The summed E-state index contributed by atoms with van der Waals surface area (Å²) in [7, 11) is 0. The maximum atomic E-state index is 14.7. The molecule has 0 radical (unpaired) electrons. The highest BCUT2D eigenvalue weighted by Crippen LogP contribution is 2.39. The summed E-state index contributed by atoms with van der Waals surface area (Å²) in [5.41, 5.74) is -3.30. The van der Waals surface area contributed by atoms with Crippen molar-refractivity contribution in [2.75, 3.05) is 6.54 Å². The Morgan fingerprint density at radius 3 is 2.56 bits per heavy atom. The van der Waals surface area contributed by atoms with Gasteiger partial charge in [0.25, 0.3) is 5.56 Å². The molecule has 1 N–H and O–H groups in total. The summed E-state index contributed by atoms with van der Waals surface area (Å²) in [6.07, 6.45) is -3.49. The third kappa shape index (κ3) is 5.30. The van der Waals surface area contributed by atoms with Crippen molar-refractivity contribution in [2.45, 2.75) is 63.9 Å². The van der Waals surface area contributed by atoms with Crippen LogP contribution < -0.4 is 5.56 Å². The molecule has 0 saturated carbocycles. The molecule has 13 heteroatoms. The van der Waals surface area contributed by atoms with Crippen LogP contribution in [-0.4, -0.2) is 53.4 Å². The zero-order chi connectivity index (χ0) is 32.3. The van der Waals surface area contributed by atoms with Gasteiger partial charge in [-0.3, -0.25) is 9.36 Å². The lowest BCUT2D eigenvalue weighted by Crippen LogP contribution is -2.48. The van der Waals surface area contributed by atoms with E-state index < -0.39 is 47.1 Å². The van der Waals surface area contributed by atoms with Crippen LogP contribution in [0, 0.1) is 11.3 Å². The number of ether oxygens (including phenoxy) is 1. The number of hydrogen-bond donors (Lipinski definition) is 1. The van der Waals surface area contributed by atoms with Gasteiger partial charge in [0.05, 0.1) is 30.0 Å². The number of fused-ring (bicyclic) bond motifs is 4. The highest BCUT2D eigenvalue weighted by atomic mass is 19.4. The van der Waals surface area contributed by atoms with Gasteiger partial charge in [0.2, 0.25) is 5.88 Å². The fourth-order valence-electron chi connectivity index (χ4n) is 6.11. The van der Waals surface area contributed by atoms with Crippen molar-refractivity contribution in [3.05, 3.63) is 70.9 Å². The molecule has 0 spiro atoms. The SMILES string of the molecule is CC(C)(C)OC(=O)N1CCC(n2cnc3c(O)nc4c(=O)n(-c5cccc6ccccc56)c(C(F)(F)F)cc4c32)C[C@H]1CC#N. The number of carbonyl (C=O) groups is 1. The number of carbonyl (C=O) groups excluding carboxylic acids is 1. The minimum Gasteiger partial charge on any atom is -0.492 e. The Morgan fingerprint density at radius 2 is 1.84 bits per heavy atom. The number of amides is 1. The van der Waals surface area contributed by atoms with Crippen LogP contribution in [0.25, 0.3) is 38.4 Å². The summed E-state index contributed by atoms with van der Waals surface area (Å²) in [6.45, 7) is 5.43. The Morgan fingerprint density at radius 1 is 1.11 bits per heavy atom. The van der Waals surface area contributed by atoms with Crippen molar-refractivity contribution in [1.29, 1.82) is 5.26 Å². The van der Waals surface area contributed by atoms with E-state index in [-0.39, 0.29) is 47.0 Å². The molecule has 232 valence electrons. The fourth-order valence-corrected chi connectivity index (χ4v) is 6.11.